The van der Waals surface area contributed by atoms with Crippen LogP contribution in [0.15, 0.2) is 18.2 Å². The number of anilines is 1. The molecule has 1 atom stereocenters. The van der Waals surface area contributed by atoms with Gasteiger partial charge in [0.25, 0.3) is 5.91 Å². The molecule has 2 rings (SSSR count). The first-order chi connectivity index (χ1) is 9.61. The molecule has 110 valence electrons. The van der Waals surface area contributed by atoms with E-state index in [4.69, 9.17) is 5.84 Å². The number of aryl methyl sites for hydroxylation is 1. The Balaban J connectivity index is 1.91. The molecule has 1 aromatic carbocycles. The molecule has 1 fully saturated rings. The largest absolute Gasteiger partial charge is 0.350 e. The number of benzene rings is 1. The van der Waals surface area contributed by atoms with Crippen LogP contribution in [0.25, 0.3) is 0 Å². The van der Waals surface area contributed by atoms with Crippen LogP contribution in [0.5, 0.6) is 0 Å². The van der Waals surface area contributed by atoms with Gasteiger partial charge in [-0.15, -0.1) is 0 Å². The van der Waals surface area contributed by atoms with Crippen LogP contribution in [0, 0.1) is 6.92 Å². The van der Waals surface area contributed by atoms with Gasteiger partial charge in [0.1, 0.15) is 0 Å². The van der Waals surface area contributed by atoms with E-state index in [2.05, 4.69) is 22.6 Å². The number of carbonyl (C=O) groups excluding carboxylic acids is 1. The van der Waals surface area contributed by atoms with Crippen LogP contribution < -0.4 is 16.6 Å². The lowest BCUT2D eigenvalue weighted by Gasteiger charge is -2.24. The number of likely N-dealkylation sites (tertiary alicyclic amines) is 1. The minimum atomic E-state index is -0.0166. The third-order valence-electron chi connectivity index (χ3n) is 3.96. The fraction of sp³-hybridized carbons (Fsp3) is 0.533. The van der Waals surface area contributed by atoms with Crippen molar-refractivity contribution in [3.05, 3.63) is 29.3 Å². The Hall–Kier alpha value is -1.59. The molecule has 1 heterocycles. The van der Waals surface area contributed by atoms with E-state index in [0.717, 1.165) is 24.3 Å². The Bertz CT molecular complexity index is 469. The normalized spacial score (nSPS) is 16.9. The van der Waals surface area contributed by atoms with Gasteiger partial charge >= 0.3 is 0 Å². The zero-order valence-electron chi connectivity index (χ0n) is 12.3. The second-order valence-electron chi connectivity index (χ2n) is 5.48. The Morgan fingerprint density at radius 2 is 2.10 bits per heavy atom. The molecule has 0 radical (unpaired) electrons. The molecule has 5 nitrogen and oxygen atoms in total. The van der Waals surface area contributed by atoms with Crippen molar-refractivity contribution in [3.8, 4) is 0 Å². The maximum Gasteiger partial charge on any atom is 0.251 e. The van der Waals surface area contributed by atoms with E-state index < -0.39 is 0 Å². The van der Waals surface area contributed by atoms with Crippen LogP contribution in [0.1, 0.15) is 35.7 Å². The summed E-state index contributed by atoms with van der Waals surface area (Å²) in [6, 6.07) is 5.89. The van der Waals surface area contributed by atoms with Crippen LogP contribution in [-0.2, 0) is 0 Å². The predicted molar refractivity (Wildman–Crippen MR) is 81.6 cm³/mol. The lowest BCUT2D eigenvalue weighted by molar-refractivity contribution is 0.0940. The molecule has 1 saturated heterocycles. The van der Waals surface area contributed by atoms with E-state index in [0.29, 0.717) is 18.2 Å². The average molecular weight is 276 g/mol. The summed E-state index contributed by atoms with van der Waals surface area (Å²) in [5.74, 6) is 5.34. The minimum Gasteiger partial charge on any atom is -0.350 e. The van der Waals surface area contributed by atoms with Crippen molar-refractivity contribution in [2.24, 2.45) is 5.84 Å². The summed E-state index contributed by atoms with van der Waals surface area (Å²) in [4.78, 5) is 14.6. The Morgan fingerprint density at radius 3 is 2.70 bits per heavy atom. The lowest BCUT2D eigenvalue weighted by atomic mass is 10.1. The summed E-state index contributed by atoms with van der Waals surface area (Å²) in [6.45, 7) is 7.06. The van der Waals surface area contributed by atoms with Crippen LogP contribution in [-0.4, -0.2) is 36.5 Å². The summed E-state index contributed by atoms with van der Waals surface area (Å²) in [5, 5.41) is 3.02. The van der Waals surface area contributed by atoms with Gasteiger partial charge in [0.05, 0.1) is 0 Å². The number of nitrogens with zero attached hydrogens (tertiary/aromatic N) is 1. The van der Waals surface area contributed by atoms with Gasteiger partial charge in [-0.05, 0) is 63.5 Å². The summed E-state index contributed by atoms with van der Waals surface area (Å²) < 4.78 is 0. The highest BCUT2D eigenvalue weighted by atomic mass is 16.1. The standard InChI is InChI=1S/C15H24N4O/c1-11-9-13(18-16)5-6-14(11)15(20)17-10-12(2)19-7-3-4-8-19/h5-6,9,12,18H,3-4,7-8,10,16H2,1-2H3,(H,17,20). The molecule has 5 heteroatoms. The zero-order valence-corrected chi connectivity index (χ0v) is 12.3. The molecule has 1 aromatic rings. The van der Waals surface area contributed by atoms with Crippen LogP contribution in [0.3, 0.4) is 0 Å². The summed E-state index contributed by atoms with van der Waals surface area (Å²) in [5.41, 5.74) is 5.02. The Kier molecular flexibility index (Phi) is 4.98. The Labute approximate surface area is 120 Å². The van der Waals surface area contributed by atoms with Crippen molar-refractivity contribution < 1.29 is 4.79 Å². The SMILES string of the molecule is Cc1cc(NN)ccc1C(=O)NCC(C)N1CCCC1. The number of amides is 1. The number of hydrogen-bond acceptors (Lipinski definition) is 4. The van der Waals surface area contributed by atoms with Gasteiger partial charge in [-0.2, -0.15) is 0 Å². The predicted octanol–water partition coefficient (Wildman–Crippen LogP) is 1.49. The molecular formula is C15H24N4O. The first kappa shape index (κ1) is 14.8. The smallest absolute Gasteiger partial charge is 0.251 e. The van der Waals surface area contributed by atoms with Crippen molar-refractivity contribution in [3.63, 3.8) is 0 Å². The van der Waals surface area contributed by atoms with Crippen LogP contribution in [0.4, 0.5) is 5.69 Å². The molecule has 1 aliphatic heterocycles. The molecule has 0 aromatic heterocycles. The van der Waals surface area contributed by atoms with Crippen molar-refractivity contribution in [1.82, 2.24) is 10.2 Å². The fourth-order valence-electron chi connectivity index (χ4n) is 2.66. The molecule has 20 heavy (non-hydrogen) atoms. The van der Waals surface area contributed by atoms with Crippen molar-refractivity contribution in [2.45, 2.75) is 32.7 Å². The molecule has 1 amide bonds. The van der Waals surface area contributed by atoms with Crippen molar-refractivity contribution in [1.29, 1.82) is 0 Å². The average Bonchev–Trinajstić information content (AvgIpc) is 2.98. The lowest BCUT2D eigenvalue weighted by Crippen LogP contribution is -2.40. The van der Waals surface area contributed by atoms with Gasteiger partial charge < -0.3 is 10.7 Å². The van der Waals surface area contributed by atoms with Gasteiger partial charge in [0.2, 0.25) is 0 Å². The molecule has 1 aliphatic rings. The van der Waals surface area contributed by atoms with Crippen molar-refractivity contribution >= 4 is 11.6 Å². The number of hydrazine groups is 1. The van der Waals surface area contributed by atoms with Crippen LogP contribution in [0.2, 0.25) is 0 Å². The molecule has 0 bridgehead atoms. The Morgan fingerprint density at radius 1 is 1.40 bits per heavy atom. The number of rotatable bonds is 5. The number of nitrogens with one attached hydrogen (secondary N) is 2. The van der Waals surface area contributed by atoms with Gasteiger partial charge in [0.15, 0.2) is 0 Å². The van der Waals surface area contributed by atoms with E-state index in [1.807, 2.05) is 19.1 Å². The van der Waals surface area contributed by atoms with Gasteiger partial charge in [0, 0.05) is 23.8 Å². The maximum atomic E-state index is 12.2. The summed E-state index contributed by atoms with van der Waals surface area (Å²) in [6.07, 6.45) is 2.54. The molecule has 0 spiro atoms. The number of nitrogen functional groups attached to an aromatic ring is 1. The van der Waals surface area contributed by atoms with E-state index >= 15 is 0 Å². The topological polar surface area (TPSA) is 70.4 Å². The number of nitrogens with two attached hydrogens (primary N) is 1. The summed E-state index contributed by atoms with van der Waals surface area (Å²) >= 11 is 0. The quantitative estimate of drug-likeness (QED) is 0.563. The second-order valence-corrected chi connectivity index (χ2v) is 5.48. The van der Waals surface area contributed by atoms with Gasteiger partial charge in [-0.1, -0.05) is 0 Å². The molecule has 1 unspecified atom stereocenters. The van der Waals surface area contributed by atoms with E-state index in [-0.39, 0.29) is 5.91 Å². The molecule has 4 N–H and O–H groups in total. The molecule has 0 aliphatic carbocycles. The van der Waals surface area contributed by atoms with E-state index in [9.17, 15) is 4.79 Å². The number of carbonyl (C=O) groups is 1. The fourth-order valence-corrected chi connectivity index (χ4v) is 2.66. The van der Waals surface area contributed by atoms with Gasteiger partial charge in [-0.25, -0.2) is 0 Å². The first-order valence-corrected chi connectivity index (χ1v) is 7.21. The monoisotopic (exact) mass is 276 g/mol. The molecule has 0 saturated carbocycles. The van der Waals surface area contributed by atoms with E-state index in [1.54, 1.807) is 6.07 Å². The van der Waals surface area contributed by atoms with Gasteiger partial charge in [-0.3, -0.25) is 15.5 Å². The highest BCUT2D eigenvalue weighted by molar-refractivity contribution is 5.96. The van der Waals surface area contributed by atoms with E-state index in [1.165, 1.54) is 12.8 Å². The highest BCUT2D eigenvalue weighted by Crippen LogP contribution is 2.15. The third-order valence-corrected chi connectivity index (χ3v) is 3.96. The highest BCUT2D eigenvalue weighted by Gasteiger charge is 2.19. The third kappa shape index (κ3) is 3.49. The summed E-state index contributed by atoms with van der Waals surface area (Å²) in [7, 11) is 0. The first-order valence-electron chi connectivity index (χ1n) is 7.21. The zero-order chi connectivity index (χ0) is 14.5. The molecular weight excluding hydrogens is 252 g/mol. The van der Waals surface area contributed by atoms with Crippen molar-refractivity contribution in [2.75, 3.05) is 25.1 Å². The minimum absolute atomic E-state index is 0.0166. The second kappa shape index (κ2) is 6.72. The maximum absolute atomic E-state index is 12.2. The number of hydrogen-bond donors (Lipinski definition) is 3. The van der Waals surface area contributed by atoms with Crippen LogP contribution >= 0.6 is 0 Å².